The van der Waals surface area contributed by atoms with Crippen LogP contribution in [0.3, 0.4) is 0 Å². The van der Waals surface area contributed by atoms with Gasteiger partial charge in [-0.05, 0) is 105 Å². The van der Waals surface area contributed by atoms with Crippen LogP contribution < -0.4 is 11.5 Å². The summed E-state index contributed by atoms with van der Waals surface area (Å²) in [6.45, 7) is 8.66. The largest absolute Gasteiger partial charge is 0.394 e. The third kappa shape index (κ3) is 28.7. The third-order valence-corrected chi connectivity index (χ3v) is 13.7. The lowest BCUT2D eigenvalue weighted by atomic mass is 10.1. The van der Waals surface area contributed by atoms with Crippen LogP contribution in [0.15, 0.2) is 107 Å². The smallest absolute Gasteiger partial charge is 0.181 e. The number of carbonyl (C=O) groups excluding carboxylic acids is 2. The Hall–Kier alpha value is -4.84. The number of nitrogens with two attached hydrogens (primary N) is 2. The van der Waals surface area contributed by atoms with Gasteiger partial charge in [-0.3, -0.25) is 9.59 Å². The highest BCUT2D eigenvalue weighted by atomic mass is 79.9. The van der Waals surface area contributed by atoms with Crippen molar-refractivity contribution < 1.29 is 70.7 Å². The summed E-state index contributed by atoms with van der Waals surface area (Å²) in [7, 11) is -5.48. The molecule has 0 radical (unpaired) electrons. The van der Waals surface area contributed by atoms with E-state index in [9.17, 15) is 70.7 Å². The van der Waals surface area contributed by atoms with Gasteiger partial charge in [0.05, 0.1) is 14.7 Å². The molecule has 6 nitrogen and oxygen atoms in total. The molecule has 0 spiro atoms. The number of anilines is 2. The Bertz CT molecular complexity index is 3030. The molecule has 0 saturated carbocycles. The van der Waals surface area contributed by atoms with Crippen LogP contribution in [0.4, 0.5) is 64.1 Å². The molecule has 6 rings (SSSR count). The highest BCUT2D eigenvalue weighted by Gasteiger charge is 2.21. The molecule has 0 saturated heterocycles. The van der Waals surface area contributed by atoms with Crippen molar-refractivity contribution in [1.82, 2.24) is 0 Å². The minimum absolute atomic E-state index is 0. The molecule has 0 heterocycles. The van der Waals surface area contributed by atoms with Gasteiger partial charge in [0, 0.05) is 31.9 Å². The molecule has 0 aliphatic carbocycles. The molecular formula is C55H68Br2F12N2O4S4Si. The maximum Gasteiger partial charge on any atom is 0.181 e. The van der Waals surface area contributed by atoms with Gasteiger partial charge in [-0.15, -0.1) is 40.8 Å². The van der Waals surface area contributed by atoms with Gasteiger partial charge >= 0.3 is 0 Å². The van der Waals surface area contributed by atoms with Crippen LogP contribution in [0.1, 0.15) is 84.7 Å². The monoisotopic (exact) mass is 1360 g/mol. The Morgan fingerprint density at radius 2 is 0.738 bits per heavy atom. The van der Waals surface area contributed by atoms with Gasteiger partial charge in [0.25, 0.3) is 0 Å². The van der Waals surface area contributed by atoms with Gasteiger partial charge in [0.15, 0.2) is 21.4 Å². The van der Waals surface area contributed by atoms with E-state index in [1.54, 1.807) is 18.8 Å². The van der Waals surface area contributed by atoms with Crippen LogP contribution in [0, 0.1) is 81.3 Å². The lowest BCUT2D eigenvalue weighted by Gasteiger charge is -2.04. The molecule has 6 aromatic rings. The second-order valence-electron chi connectivity index (χ2n) is 15.4. The maximum absolute atomic E-state index is 13.4. The summed E-state index contributed by atoms with van der Waals surface area (Å²) < 4.78 is 177. The van der Waals surface area contributed by atoms with Crippen molar-refractivity contribution >= 4 is 108 Å². The molecule has 25 heteroatoms. The van der Waals surface area contributed by atoms with Crippen molar-refractivity contribution in [2.45, 2.75) is 97.6 Å². The zero-order chi connectivity index (χ0) is 57.2. The summed E-state index contributed by atoms with van der Waals surface area (Å²) in [4.78, 5) is 20.7. The zero-order valence-corrected chi connectivity index (χ0v) is 47.7. The lowest BCUT2D eigenvalue weighted by molar-refractivity contribution is 0.100. The maximum atomic E-state index is 13.4. The highest BCUT2D eigenvalue weighted by molar-refractivity contribution is 9.10. The average molecular weight is 1370 g/mol. The molecule has 0 bridgehead atoms. The number of benzene rings is 6. The fourth-order valence-corrected chi connectivity index (χ4v) is 8.62. The molecule has 0 aliphatic rings. The van der Waals surface area contributed by atoms with Crippen LogP contribution in [-0.2, 0) is 9.84 Å². The van der Waals surface area contributed by atoms with Crippen molar-refractivity contribution in [3.05, 3.63) is 174 Å². The van der Waals surface area contributed by atoms with Crippen molar-refractivity contribution in [3.63, 3.8) is 0 Å². The molecule has 0 aliphatic heterocycles. The van der Waals surface area contributed by atoms with Crippen molar-refractivity contribution in [3.8, 4) is 11.5 Å². The summed E-state index contributed by atoms with van der Waals surface area (Å²) in [6.07, 6.45) is 5.56. The van der Waals surface area contributed by atoms with E-state index in [0.717, 1.165) is 78.6 Å². The van der Waals surface area contributed by atoms with Crippen LogP contribution in [0.25, 0.3) is 0 Å². The first-order valence-corrected chi connectivity index (χ1v) is 30.8. The Balaban J connectivity index is -0.000000204. The molecule has 6 aromatic carbocycles. The minimum atomic E-state index is -3.97. The zero-order valence-electron chi connectivity index (χ0n) is 40.2. The Labute approximate surface area is 495 Å². The van der Waals surface area contributed by atoms with E-state index >= 15 is 0 Å². The van der Waals surface area contributed by atoms with Crippen LogP contribution in [-0.4, -0.2) is 53.1 Å². The lowest BCUT2D eigenvalue weighted by Crippen LogP contribution is -2.16. The molecule has 80 heavy (non-hydrogen) atoms. The van der Waals surface area contributed by atoms with Crippen LogP contribution in [0.5, 0.6) is 0 Å². The second kappa shape index (κ2) is 39.6. The highest BCUT2D eigenvalue weighted by Crippen LogP contribution is 2.28. The number of sulfone groups is 1. The van der Waals surface area contributed by atoms with Crippen LogP contribution in [0.2, 0.25) is 19.6 Å². The number of halogens is 14. The molecule has 0 atom stereocenters. The number of nitrogen functional groups attached to an aromatic ring is 2. The van der Waals surface area contributed by atoms with Crippen molar-refractivity contribution in [2.75, 3.05) is 36.5 Å². The van der Waals surface area contributed by atoms with E-state index in [1.165, 1.54) is 37.3 Å². The Morgan fingerprint density at radius 1 is 0.475 bits per heavy atom. The normalized spacial score (nSPS) is 9.69. The molecule has 0 unspecified atom stereocenters. The minimum Gasteiger partial charge on any atom is -0.394 e. The number of rotatable bonds is 6. The van der Waals surface area contributed by atoms with Gasteiger partial charge in [-0.2, -0.15) is 0 Å². The number of carbonyl (C=O) groups is 2. The summed E-state index contributed by atoms with van der Waals surface area (Å²) in [5.41, 5.74) is 12.4. The summed E-state index contributed by atoms with van der Waals surface area (Å²) >= 11 is 9.00. The molecule has 448 valence electrons. The first-order chi connectivity index (χ1) is 34.1. The second-order valence-corrected chi connectivity index (χ2v) is 26.4. The fourth-order valence-electron chi connectivity index (χ4n) is 4.95. The molecule has 4 N–H and O–H groups in total. The number of ketones is 2. The van der Waals surface area contributed by atoms with E-state index in [-0.39, 0.29) is 76.2 Å². The summed E-state index contributed by atoms with van der Waals surface area (Å²) in [6, 6.07) is 14.3. The Morgan fingerprint density at radius 3 is 1.00 bits per heavy atom. The van der Waals surface area contributed by atoms with Crippen LogP contribution >= 0.6 is 67.1 Å². The number of thioether (sulfide) groups is 3. The number of Topliss-reactive ketones (excluding diaryl/α,β-unsaturated/α-hetero) is 2. The Kier molecular flexibility index (Phi) is 42.7. The first kappa shape index (κ1) is 86.4. The fraction of sp³-hybridized carbons (Fsp3) is 0.273. The molecular weight excluding hydrogens is 1300 g/mol. The van der Waals surface area contributed by atoms with Gasteiger partial charge in [0.2, 0.25) is 0 Å². The average Bonchev–Trinajstić information content (AvgIpc) is 3.26. The van der Waals surface area contributed by atoms with E-state index in [4.69, 9.17) is 11.5 Å². The van der Waals surface area contributed by atoms with E-state index in [0.29, 0.717) is 32.9 Å². The number of hydrogen-bond donors (Lipinski definition) is 2. The predicted octanol–water partition coefficient (Wildman–Crippen LogP) is 19.5. The van der Waals surface area contributed by atoms with Gasteiger partial charge in [0.1, 0.15) is 94.2 Å². The molecule has 0 amide bonds. The van der Waals surface area contributed by atoms with E-state index in [1.807, 2.05) is 0 Å². The number of hydrogen-bond acceptors (Lipinski definition) is 9. The number of para-hydroxylation sites is 1. The SMILES string of the molecule is C.C.C.C.C.C.CC(=O)c1cc(F)c(S(C)(=O)=O)c(F)c1.CSc1c(F)cc(Br)cc1F.CSc1c(F)cc(C#C[Si](C)(C)C)cc1F.CSc1c(F)cc(C(C)=O)cc1F.Nc1c(F)cc(Br)cc1F.Nc1c(F)cccc1F. The summed E-state index contributed by atoms with van der Waals surface area (Å²) in [5.74, 6) is -6.93. The summed E-state index contributed by atoms with van der Waals surface area (Å²) in [5, 5.41) is 0. The van der Waals surface area contributed by atoms with E-state index < -0.39 is 110 Å². The quantitative estimate of drug-likeness (QED) is 0.0419. The first-order valence-electron chi connectivity index (χ1n) is 20.2. The third-order valence-electron chi connectivity index (χ3n) is 8.38. The topological polar surface area (TPSA) is 120 Å². The van der Waals surface area contributed by atoms with Gasteiger partial charge in [-0.1, -0.05) is 108 Å². The standard InChI is InChI=1S/C12H14F2SSi.C9H8F2O3S.C9H8F2OS.C7H5BrF2S.C6H4BrF2N.C6H5F2N.6CH4/c1-15-12-10(13)7-9(8-11(12)14)5-6-16(2,3)4;1-5(12)6-3-7(10)9(8(11)4-6)15(2,13)14;1-5(12)6-3-7(10)9(13-2)8(11)4-6;1-11-7-5(9)2-4(8)3-6(7)10;7-3-1-4(8)6(10)5(9)2-3;7-4-2-1-3-5(8)6(4)9;;;;;;/h7-8H,1-4H3;3-4H,1-2H3;3-4H,1-2H3;2-3H,1H3;1-2H,10H2;1-3H,9H2;6*1H4. The predicted molar refractivity (Wildman–Crippen MR) is 321 cm³/mol. The van der Waals surface area contributed by atoms with E-state index in [2.05, 4.69) is 63.0 Å². The van der Waals surface area contributed by atoms with Gasteiger partial charge in [-0.25, -0.2) is 61.1 Å². The van der Waals surface area contributed by atoms with Gasteiger partial charge < -0.3 is 11.5 Å². The van der Waals surface area contributed by atoms with Crippen molar-refractivity contribution in [1.29, 1.82) is 0 Å². The molecule has 0 fully saturated rings. The molecule has 0 aromatic heterocycles. The van der Waals surface area contributed by atoms with Crippen molar-refractivity contribution in [2.24, 2.45) is 0 Å².